The molecule has 1 rings (SSSR count). The first-order chi connectivity index (χ1) is 3.80. The molecule has 0 aromatic heterocycles. The van der Waals surface area contributed by atoms with Gasteiger partial charge in [-0.05, 0) is 0 Å². The van der Waals surface area contributed by atoms with E-state index in [9.17, 15) is 0 Å². The van der Waals surface area contributed by atoms with Crippen molar-refractivity contribution in [2.24, 2.45) is 0 Å². The Hall–Kier alpha value is 0.340. The summed E-state index contributed by atoms with van der Waals surface area (Å²) in [5.74, 6) is 0. The topological polar surface area (TPSA) is 0 Å². The average Bonchev–Trinajstić information content (AvgIpc) is 1.77. The minimum Gasteiger partial charge on any atom is -0.129 e. The summed E-state index contributed by atoms with van der Waals surface area (Å²) in [6.07, 6.45) is 8.53. The van der Waals surface area contributed by atoms with E-state index in [2.05, 4.69) is 42.8 Å². The van der Waals surface area contributed by atoms with Crippen LogP contribution in [0.25, 0.3) is 0 Å². The zero-order valence-electron chi connectivity index (χ0n) is 4.62. The van der Waals surface area contributed by atoms with Gasteiger partial charge in [0, 0.05) is 11.3 Å². The molecular weight excluding hydrogens is 134 g/mol. The lowest BCUT2D eigenvalue weighted by atomic mass is 10.2. The molecule has 0 nitrogen and oxygen atoms in total. The van der Waals surface area contributed by atoms with Gasteiger partial charge < -0.3 is 0 Å². The van der Waals surface area contributed by atoms with Crippen molar-refractivity contribution < 1.29 is 0 Å². The highest BCUT2D eigenvalue weighted by Crippen LogP contribution is 2.20. The summed E-state index contributed by atoms with van der Waals surface area (Å²) in [5.41, 5.74) is 1.23. The molecule has 0 spiro atoms. The molecule has 4 unspecified atom stereocenters. The van der Waals surface area contributed by atoms with E-state index < -0.39 is 0 Å². The molecular formula is C6H10P2. The fourth-order valence-electron chi connectivity index (χ4n) is 0.642. The van der Waals surface area contributed by atoms with E-state index in [-0.39, 0.29) is 0 Å². The fraction of sp³-hybridized carbons (Fsp3) is 0.333. The van der Waals surface area contributed by atoms with Crippen LogP contribution in [-0.4, -0.2) is 11.3 Å². The van der Waals surface area contributed by atoms with Crippen LogP contribution in [0.5, 0.6) is 0 Å². The van der Waals surface area contributed by atoms with Crippen LogP contribution in [0, 0.1) is 0 Å². The van der Waals surface area contributed by atoms with E-state index in [1.807, 2.05) is 0 Å². The summed E-state index contributed by atoms with van der Waals surface area (Å²) in [4.78, 5) is 0. The molecule has 0 fully saturated rings. The predicted octanol–water partition coefficient (Wildman–Crippen LogP) is 1.60. The maximum absolute atomic E-state index is 2.79. The van der Waals surface area contributed by atoms with Gasteiger partial charge in [-0.3, -0.25) is 0 Å². The van der Waals surface area contributed by atoms with Crippen LogP contribution in [0.4, 0.5) is 0 Å². The predicted molar refractivity (Wildman–Crippen MR) is 45.3 cm³/mol. The molecule has 44 valence electrons. The van der Waals surface area contributed by atoms with Gasteiger partial charge in [-0.25, -0.2) is 0 Å². The molecule has 4 atom stereocenters. The van der Waals surface area contributed by atoms with Gasteiger partial charge >= 0.3 is 0 Å². The standard InChI is InChI=1S/C6H10P2/c7-5-3-1-2-4-6(5)8/h1-6H,7-8H2. The Morgan fingerprint density at radius 2 is 1.25 bits per heavy atom. The monoisotopic (exact) mass is 144 g/mol. The second kappa shape index (κ2) is 2.76. The first-order valence-electron chi connectivity index (χ1n) is 2.67. The number of hydrogen-bond donors (Lipinski definition) is 0. The quantitative estimate of drug-likeness (QED) is 0.453. The van der Waals surface area contributed by atoms with Crippen molar-refractivity contribution in [1.29, 1.82) is 0 Å². The van der Waals surface area contributed by atoms with Gasteiger partial charge in [0.25, 0.3) is 0 Å². The Labute approximate surface area is 54.8 Å². The Balaban J connectivity index is 2.59. The zero-order chi connectivity index (χ0) is 5.98. The van der Waals surface area contributed by atoms with E-state index in [1.165, 1.54) is 0 Å². The largest absolute Gasteiger partial charge is 0.129 e. The van der Waals surface area contributed by atoms with Gasteiger partial charge in [0.15, 0.2) is 0 Å². The van der Waals surface area contributed by atoms with Crippen LogP contribution >= 0.6 is 18.5 Å². The van der Waals surface area contributed by atoms with Gasteiger partial charge in [-0.15, -0.1) is 18.5 Å². The van der Waals surface area contributed by atoms with Crippen molar-refractivity contribution in [2.75, 3.05) is 0 Å². The normalized spacial score (nSPS) is 35.8. The van der Waals surface area contributed by atoms with Gasteiger partial charge in [0.2, 0.25) is 0 Å². The van der Waals surface area contributed by atoms with E-state index in [1.54, 1.807) is 0 Å². The van der Waals surface area contributed by atoms with Crippen molar-refractivity contribution >= 4 is 18.5 Å². The van der Waals surface area contributed by atoms with E-state index >= 15 is 0 Å². The molecule has 0 heterocycles. The third-order valence-corrected chi connectivity index (χ3v) is 3.00. The van der Waals surface area contributed by atoms with Crippen molar-refractivity contribution in [3.63, 3.8) is 0 Å². The second-order valence-electron chi connectivity index (χ2n) is 1.92. The summed E-state index contributed by atoms with van der Waals surface area (Å²) in [5, 5.41) is 0. The smallest absolute Gasteiger partial charge is 0.00145 e. The lowest BCUT2D eigenvalue weighted by Gasteiger charge is -2.13. The Bertz CT molecular complexity index is 110. The molecule has 0 aromatic carbocycles. The number of allylic oxidation sites excluding steroid dienone is 4. The molecule has 0 bridgehead atoms. The highest BCUT2D eigenvalue weighted by atomic mass is 31.0. The molecule has 0 aliphatic heterocycles. The summed E-state index contributed by atoms with van der Waals surface area (Å²) in [6, 6.07) is 0. The first-order valence-corrected chi connectivity index (χ1v) is 4.00. The molecule has 0 aromatic rings. The van der Waals surface area contributed by atoms with Crippen LogP contribution in [0.3, 0.4) is 0 Å². The van der Waals surface area contributed by atoms with Crippen LogP contribution in [-0.2, 0) is 0 Å². The van der Waals surface area contributed by atoms with E-state index in [4.69, 9.17) is 0 Å². The number of rotatable bonds is 0. The minimum absolute atomic E-state index is 0.616. The highest BCUT2D eigenvalue weighted by Gasteiger charge is 2.06. The summed E-state index contributed by atoms with van der Waals surface area (Å²) >= 11 is 0. The summed E-state index contributed by atoms with van der Waals surface area (Å²) < 4.78 is 0. The molecule has 2 heteroatoms. The van der Waals surface area contributed by atoms with Crippen molar-refractivity contribution in [1.82, 2.24) is 0 Å². The molecule has 0 saturated carbocycles. The van der Waals surface area contributed by atoms with E-state index in [0.29, 0.717) is 11.3 Å². The number of hydrogen-bond acceptors (Lipinski definition) is 0. The third-order valence-electron chi connectivity index (χ3n) is 1.22. The third kappa shape index (κ3) is 1.41. The lowest BCUT2D eigenvalue weighted by molar-refractivity contribution is 1.08. The molecule has 0 radical (unpaired) electrons. The van der Waals surface area contributed by atoms with Crippen LogP contribution in [0.1, 0.15) is 0 Å². The van der Waals surface area contributed by atoms with Crippen LogP contribution in [0.2, 0.25) is 0 Å². The van der Waals surface area contributed by atoms with Crippen molar-refractivity contribution in [2.45, 2.75) is 11.3 Å². The Kier molecular flexibility index (Phi) is 2.23. The molecule has 1 aliphatic carbocycles. The molecule has 0 amide bonds. The molecule has 0 N–H and O–H groups in total. The fourth-order valence-corrected chi connectivity index (χ4v) is 1.15. The van der Waals surface area contributed by atoms with Crippen molar-refractivity contribution in [3.8, 4) is 0 Å². The van der Waals surface area contributed by atoms with Gasteiger partial charge in [-0.1, -0.05) is 24.3 Å². The van der Waals surface area contributed by atoms with E-state index in [0.717, 1.165) is 0 Å². The Morgan fingerprint density at radius 3 is 1.50 bits per heavy atom. The molecule has 8 heavy (non-hydrogen) atoms. The maximum Gasteiger partial charge on any atom is 0.00145 e. The summed E-state index contributed by atoms with van der Waals surface area (Å²) in [7, 11) is 5.57. The molecule has 0 saturated heterocycles. The highest BCUT2D eigenvalue weighted by molar-refractivity contribution is 7.23. The minimum atomic E-state index is 0.616. The zero-order valence-corrected chi connectivity index (χ0v) is 6.93. The molecule has 1 aliphatic rings. The first kappa shape index (κ1) is 6.46. The van der Waals surface area contributed by atoms with Gasteiger partial charge in [-0.2, -0.15) is 0 Å². The van der Waals surface area contributed by atoms with Crippen LogP contribution < -0.4 is 0 Å². The summed E-state index contributed by atoms with van der Waals surface area (Å²) in [6.45, 7) is 0. The van der Waals surface area contributed by atoms with Crippen molar-refractivity contribution in [3.05, 3.63) is 24.3 Å². The Morgan fingerprint density at radius 1 is 0.875 bits per heavy atom. The van der Waals surface area contributed by atoms with Gasteiger partial charge in [0.05, 0.1) is 0 Å². The van der Waals surface area contributed by atoms with Gasteiger partial charge in [0.1, 0.15) is 0 Å². The SMILES string of the molecule is PC1C=CC=CC1P. The van der Waals surface area contributed by atoms with Crippen LogP contribution in [0.15, 0.2) is 24.3 Å². The average molecular weight is 144 g/mol. The second-order valence-corrected chi connectivity index (χ2v) is 3.46. The lowest BCUT2D eigenvalue weighted by Crippen LogP contribution is -2.09. The maximum atomic E-state index is 2.79.